The first kappa shape index (κ1) is 15.9. The third kappa shape index (κ3) is 6.53. The number of rotatable bonds is 9. The van der Waals surface area contributed by atoms with E-state index in [0.717, 1.165) is 18.7 Å². The van der Waals surface area contributed by atoms with E-state index in [1.54, 1.807) is 0 Å². The van der Waals surface area contributed by atoms with Gasteiger partial charge in [0.1, 0.15) is 0 Å². The van der Waals surface area contributed by atoms with Gasteiger partial charge in [0.2, 0.25) is 0 Å². The van der Waals surface area contributed by atoms with Crippen molar-refractivity contribution in [3.63, 3.8) is 0 Å². The SMILES string of the molecule is CCCOC(=O)c1ccc(NCCCCSC)cc1. The summed E-state index contributed by atoms with van der Waals surface area (Å²) in [5.41, 5.74) is 1.66. The number of nitrogens with one attached hydrogen (secondary N) is 1. The monoisotopic (exact) mass is 281 g/mol. The molecular weight excluding hydrogens is 258 g/mol. The lowest BCUT2D eigenvalue weighted by molar-refractivity contribution is 0.0505. The summed E-state index contributed by atoms with van der Waals surface area (Å²) in [5.74, 6) is 0.970. The zero-order chi connectivity index (χ0) is 13.9. The Bertz CT molecular complexity index is 365. The average Bonchev–Trinajstić information content (AvgIpc) is 2.45. The molecule has 0 aliphatic carbocycles. The van der Waals surface area contributed by atoms with Crippen molar-refractivity contribution in [1.29, 1.82) is 0 Å². The standard InChI is InChI=1S/C15H23NO2S/c1-3-11-18-15(17)13-6-8-14(9-7-13)16-10-4-5-12-19-2/h6-9,16H,3-5,10-12H2,1-2H3. The Morgan fingerprint density at radius 3 is 2.63 bits per heavy atom. The Morgan fingerprint density at radius 1 is 1.26 bits per heavy atom. The van der Waals surface area contributed by atoms with Gasteiger partial charge in [-0.15, -0.1) is 0 Å². The molecule has 1 rings (SSSR count). The summed E-state index contributed by atoms with van der Waals surface area (Å²) in [6.45, 7) is 3.44. The molecule has 0 amide bonds. The maximum Gasteiger partial charge on any atom is 0.338 e. The van der Waals surface area contributed by atoms with Gasteiger partial charge in [-0.1, -0.05) is 6.92 Å². The van der Waals surface area contributed by atoms with E-state index in [9.17, 15) is 4.79 Å². The number of ether oxygens (including phenoxy) is 1. The number of benzene rings is 1. The number of unbranched alkanes of at least 4 members (excludes halogenated alkanes) is 1. The summed E-state index contributed by atoms with van der Waals surface area (Å²) >= 11 is 1.88. The van der Waals surface area contributed by atoms with Crippen LogP contribution in [0.4, 0.5) is 5.69 Å². The van der Waals surface area contributed by atoms with Gasteiger partial charge in [0.15, 0.2) is 0 Å². The normalized spacial score (nSPS) is 10.2. The minimum Gasteiger partial charge on any atom is -0.462 e. The summed E-state index contributed by atoms with van der Waals surface area (Å²) in [7, 11) is 0. The Labute approximate surface area is 120 Å². The third-order valence-corrected chi connectivity index (χ3v) is 3.36. The van der Waals surface area contributed by atoms with Crippen molar-refractivity contribution < 1.29 is 9.53 Å². The van der Waals surface area contributed by atoms with Crippen LogP contribution in [0.3, 0.4) is 0 Å². The Balaban J connectivity index is 2.32. The highest BCUT2D eigenvalue weighted by Crippen LogP contribution is 2.11. The minimum atomic E-state index is -0.242. The number of anilines is 1. The molecule has 1 N–H and O–H groups in total. The molecular formula is C15H23NO2S. The van der Waals surface area contributed by atoms with Gasteiger partial charge in [0.25, 0.3) is 0 Å². The largest absolute Gasteiger partial charge is 0.462 e. The van der Waals surface area contributed by atoms with Gasteiger partial charge < -0.3 is 10.1 Å². The molecule has 0 atom stereocenters. The highest BCUT2D eigenvalue weighted by Gasteiger charge is 2.05. The fraction of sp³-hybridized carbons (Fsp3) is 0.533. The van der Waals surface area contributed by atoms with Crippen molar-refractivity contribution in [3.8, 4) is 0 Å². The highest BCUT2D eigenvalue weighted by molar-refractivity contribution is 7.98. The average molecular weight is 281 g/mol. The third-order valence-electron chi connectivity index (χ3n) is 2.66. The summed E-state index contributed by atoms with van der Waals surface area (Å²) in [6.07, 6.45) is 5.38. The van der Waals surface area contributed by atoms with Gasteiger partial charge in [0, 0.05) is 12.2 Å². The molecule has 19 heavy (non-hydrogen) atoms. The molecule has 0 fully saturated rings. The van der Waals surface area contributed by atoms with Crippen LogP contribution in [-0.4, -0.2) is 31.1 Å². The summed E-state index contributed by atoms with van der Waals surface area (Å²) in [6, 6.07) is 7.47. The van der Waals surface area contributed by atoms with Crippen LogP contribution in [0.15, 0.2) is 24.3 Å². The molecule has 0 aliphatic rings. The summed E-state index contributed by atoms with van der Waals surface area (Å²) in [5, 5.41) is 3.35. The van der Waals surface area contributed by atoms with E-state index >= 15 is 0 Å². The van der Waals surface area contributed by atoms with Crippen LogP contribution in [-0.2, 0) is 4.74 Å². The Morgan fingerprint density at radius 2 is 2.00 bits per heavy atom. The van der Waals surface area contributed by atoms with Crippen LogP contribution in [0.1, 0.15) is 36.5 Å². The molecule has 0 heterocycles. The van der Waals surface area contributed by atoms with Crippen LogP contribution in [0.2, 0.25) is 0 Å². The Hall–Kier alpha value is -1.16. The smallest absolute Gasteiger partial charge is 0.338 e. The van der Waals surface area contributed by atoms with Gasteiger partial charge in [-0.25, -0.2) is 4.79 Å². The molecule has 3 nitrogen and oxygen atoms in total. The molecule has 0 bridgehead atoms. The highest BCUT2D eigenvalue weighted by atomic mass is 32.2. The second-order valence-corrected chi connectivity index (χ2v) is 5.33. The number of carbonyl (C=O) groups is 1. The van der Waals surface area contributed by atoms with Crippen LogP contribution >= 0.6 is 11.8 Å². The molecule has 0 unspecified atom stereocenters. The van der Waals surface area contributed by atoms with Crippen molar-refractivity contribution in [2.45, 2.75) is 26.2 Å². The predicted molar refractivity (Wildman–Crippen MR) is 83.1 cm³/mol. The quantitative estimate of drug-likeness (QED) is 0.552. The summed E-state index contributed by atoms with van der Waals surface area (Å²) in [4.78, 5) is 11.6. The molecule has 106 valence electrons. The molecule has 4 heteroatoms. The number of carbonyl (C=O) groups excluding carboxylic acids is 1. The van der Waals surface area contributed by atoms with E-state index in [1.165, 1.54) is 18.6 Å². The second-order valence-electron chi connectivity index (χ2n) is 4.34. The van der Waals surface area contributed by atoms with Gasteiger partial charge >= 0.3 is 5.97 Å². The fourth-order valence-corrected chi connectivity index (χ4v) is 2.10. The van der Waals surface area contributed by atoms with Crippen molar-refractivity contribution >= 4 is 23.4 Å². The number of hydrogen-bond donors (Lipinski definition) is 1. The molecule has 0 saturated heterocycles. The topological polar surface area (TPSA) is 38.3 Å². The van der Waals surface area contributed by atoms with Gasteiger partial charge in [-0.05, 0) is 55.5 Å². The first-order chi connectivity index (χ1) is 9.27. The van der Waals surface area contributed by atoms with E-state index in [1.807, 2.05) is 43.0 Å². The molecule has 0 radical (unpaired) electrons. The minimum absolute atomic E-state index is 0.242. The van der Waals surface area contributed by atoms with Crippen molar-refractivity contribution in [3.05, 3.63) is 29.8 Å². The first-order valence-corrected chi connectivity index (χ1v) is 8.17. The number of thioether (sulfide) groups is 1. The molecule has 1 aromatic rings. The lowest BCUT2D eigenvalue weighted by atomic mass is 10.2. The van der Waals surface area contributed by atoms with Crippen LogP contribution in [0.5, 0.6) is 0 Å². The van der Waals surface area contributed by atoms with E-state index in [4.69, 9.17) is 4.74 Å². The predicted octanol–water partition coefficient (Wildman–Crippen LogP) is 3.81. The van der Waals surface area contributed by atoms with E-state index in [0.29, 0.717) is 12.2 Å². The maximum atomic E-state index is 11.6. The van der Waals surface area contributed by atoms with Crippen LogP contribution in [0.25, 0.3) is 0 Å². The number of hydrogen-bond acceptors (Lipinski definition) is 4. The zero-order valence-corrected chi connectivity index (χ0v) is 12.6. The zero-order valence-electron chi connectivity index (χ0n) is 11.8. The van der Waals surface area contributed by atoms with Crippen LogP contribution in [0, 0.1) is 0 Å². The van der Waals surface area contributed by atoms with Crippen molar-refractivity contribution in [1.82, 2.24) is 0 Å². The van der Waals surface area contributed by atoms with Crippen molar-refractivity contribution in [2.24, 2.45) is 0 Å². The van der Waals surface area contributed by atoms with E-state index in [-0.39, 0.29) is 5.97 Å². The van der Waals surface area contributed by atoms with Crippen molar-refractivity contribution in [2.75, 3.05) is 30.5 Å². The Kier molecular flexibility index (Phi) is 8.14. The maximum absolute atomic E-state index is 11.6. The van der Waals surface area contributed by atoms with Gasteiger partial charge in [0.05, 0.1) is 12.2 Å². The molecule has 0 saturated carbocycles. The summed E-state index contributed by atoms with van der Waals surface area (Å²) < 4.78 is 5.08. The molecule has 0 spiro atoms. The number of esters is 1. The molecule has 1 aromatic carbocycles. The molecule has 0 aliphatic heterocycles. The van der Waals surface area contributed by atoms with Gasteiger partial charge in [-0.3, -0.25) is 0 Å². The second kappa shape index (κ2) is 9.73. The van der Waals surface area contributed by atoms with E-state index < -0.39 is 0 Å². The first-order valence-electron chi connectivity index (χ1n) is 6.78. The van der Waals surface area contributed by atoms with Gasteiger partial charge in [-0.2, -0.15) is 11.8 Å². The van der Waals surface area contributed by atoms with Crippen LogP contribution < -0.4 is 5.32 Å². The molecule has 0 aromatic heterocycles. The lowest BCUT2D eigenvalue weighted by Gasteiger charge is -2.07. The lowest BCUT2D eigenvalue weighted by Crippen LogP contribution is -2.06. The fourth-order valence-electron chi connectivity index (χ4n) is 1.61. The van der Waals surface area contributed by atoms with E-state index in [2.05, 4.69) is 11.6 Å².